The summed E-state index contributed by atoms with van der Waals surface area (Å²) in [6.45, 7) is 6.09. The Morgan fingerprint density at radius 2 is 2.00 bits per heavy atom. The molecule has 2 heterocycles. The number of hydrogen-bond donors (Lipinski definition) is 1. The van der Waals surface area contributed by atoms with Gasteiger partial charge in [0.15, 0.2) is 5.82 Å². The van der Waals surface area contributed by atoms with Crippen molar-refractivity contribution in [2.24, 2.45) is 7.05 Å². The molecule has 0 aliphatic rings. The summed E-state index contributed by atoms with van der Waals surface area (Å²) in [6.07, 6.45) is 1.64. The first-order valence-electron chi connectivity index (χ1n) is 8.45. The van der Waals surface area contributed by atoms with Crippen molar-refractivity contribution >= 4 is 11.7 Å². The molecule has 3 aromatic rings. The Kier molecular flexibility index (Phi) is 5.43. The summed E-state index contributed by atoms with van der Waals surface area (Å²) >= 11 is 0. The van der Waals surface area contributed by atoms with E-state index in [1.807, 2.05) is 24.3 Å². The van der Waals surface area contributed by atoms with Crippen LogP contribution in [-0.2, 0) is 20.1 Å². The molecule has 0 bridgehead atoms. The molecular formula is C18H22N6O2. The minimum atomic E-state index is -0.158. The van der Waals surface area contributed by atoms with Crippen molar-refractivity contribution in [2.75, 3.05) is 11.9 Å². The van der Waals surface area contributed by atoms with Crippen LogP contribution in [0.3, 0.4) is 0 Å². The van der Waals surface area contributed by atoms with Gasteiger partial charge in [-0.1, -0.05) is 24.2 Å². The minimum Gasteiger partial charge on any atom is -0.340 e. The van der Waals surface area contributed by atoms with Crippen molar-refractivity contribution in [3.05, 3.63) is 59.4 Å². The highest BCUT2D eigenvalue weighted by Crippen LogP contribution is 2.12. The maximum atomic E-state index is 12.3. The van der Waals surface area contributed by atoms with Crippen molar-refractivity contribution in [2.45, 2.75) is 26.9 Å². The zero-order valence-corrected chi connectivity index (χ0v) is 15.1. The molecule has 0 saturated carbocycles. The SMILES string of the molecule is CCN(Cc1ccc(C(=O)Nc2ccnn2C)cc1)Cc1noc(C)n1. The Hall–Kier alpha value is -3.00. The average molecular weight is 354 g/mol. The number of carbonyl (C=O) groups excluding carboxylic acids is 1. The number of aryl methyl sites for hydroxylation is 2. The molecular weight excluding hydrogens is 332 g/mol. The van der Waals surface area contributed by atoms with Crippen LogP contribution in [-0.4, -0.2) is 37.3 Å². The van der Waals surface area contributed by atoms with E-state index >= 15 is 0 Å². The van der Waals surface area contributed by atoms with Gasteiger partial charge in [-0.05, 0) is 24.2 Å². The topological polar surface area (TPSA) is 89.1 Å². The summed E-state index contributed by atoms with van der Waals surface area (Å²) < 4.78 is 6.63. The monoisotopic (exact) mass is 354 g/mol. The second-order valence-corrected chi connectivity index (χ2v) is 6.02. The van der Waals surface area contributed by atoms with Gasteiger partial charge in [-0.2, -0.15) is 10.1 Å². The van der Waals surface area contributed by atoms with E-state index in [9.17, 15) is 4.79 Å². The van der Waals surface area contributed by atoms with Gasteiger partial charge in [0.1, 0.15) is 5.82 Å². The van der Waals surface area contributed by atoms with Crippen molar-refractivity contribution in [3.8, 4) is 0 Å². The molecule has 0 atom stereocenters. The Morgan fingerprint density at radius 1 is 1.23 bits per heavy atom. The van der Waals surface area contributed by atoms with Crippen molar-refractivity contribution < 1.29 is 9.32 Å². The highest BCUT2D eigenvalue weighted by atomic mass is 16.5. The van der Waals surface area contributed by atoms with Crippen LogP contribution in [0.25, 0.3) is 0 Å². The Morgan fingerprint density at radius 3 is 2.58 bits per heavy atom. The van der Waals surface area contributed by atoms with Gasteiger partial charge in [-0.25, -0.2) is 0 Å². The second kappa shape index (κ2) is 7.92. The van der Waals surface area contributed by atoms with Gasteiger partial charge in [0.2, 0.25) is 5.89 Å². The molecule has 0 aliphatic carbocycles. The van der Waals surface area contributed by atoms with Gasteiger partial charge < -0.3 is 9.84 Å². The molecule has 8 heteroatoms. The smallest absolute Gasteiger partial charge is 0.256 e. The maximum absolute atomic E-state index is 12.3. The molecule has 1 N–H and O–H groups in total. The van der Waals surface area contributed by atoms with E-state index in [4.69, 9.17) is 4.52 Å². The van der Waals surface area contributed by atoms with Crippen LogP contribution in [0.1, 0.15) is 34.6 Å². The summed E-state index contributed by atoms with van der Waals surface area (Å²) in [5.41, 5.74) is 1.72. The molecule has 136 valence electrons. The zero-order chi connectivity index (χ0) is 18.5. The predicted molar refractivity (Wildman–Crippen MR) is 96.4 cm³/mol. The number of nitrogens with one attached hydrogen (secondary N) is 1. The van der Waals surface area contributed by atoms with Gasteiger partial charge >= 0.3 is 0 Å². The molecule has 0 spiro atoms. The molecule has 0 radical (unpaired) electrons. The largest absolute Gasteiger partial charge is 0.340 e. The number of carbonyl (C=O) groups is 1. The van der Waals surface area contributed by atoms with Gasteiger partial charge in [-0.3, -0.25) is 14.4 Å². The van der Waals surface area contributed by atoms with E-state index in [1.54, 1.807) is 30.9 Å². The number of hydrogen-bond acceptors (Lipinski definition) is 6. The van der Waals surface area contributed by atoms with Gasteiger partial charge in [0, 0.05) is 32.1 Å². The van der Waals surface area contributed by atoms with Crippen LogP contribution in [0.4, 0.5) is 5.82 Å². The van der Waals surface area contributed by atoms with Crippen molar-refractivity contribution in [1.82, 2.24) is 24.8 Å². The third-order valence-corrected chi connectivity index (χ3v) is 4.07. The van der Waals surface area contributed by atoms with Crippen LogP contribution in [0, 0.1) is 6.92 Å². The molecule has 3 rings (SSSR count). The fourth-order valence-corrected chi connectivity index (χ4v) is 2.59. The zero-order valence-electron chi connectivity index (χ0n) is 15.1. The average Bonchev–Trinajstić information content (AvgIpc) is 3.23. The van der Waals surface area contributed by atoms with E-state index in [2.05, 4.69) is 32.4 Å². The lowest BCUT2D eigenvalue weighted by molar-refractivity contribution is 0.102. The fraction of sp³-hybridized carbons (Fsp3) is 0.333. The number of benzene rings is 1. The lowest BCUT2D eigenvalue weighted by Gasteiger charge is -2.18. The maximum Gasteiger partial charge on any atom is 0.256 e. The van der Waals surface area contributed by atoms with Gasteiger partial charge in [-0.15, -0.1) is 0 Å². The van der Waals surface area contributed by atoms with Gasteiger partial charge in [0.25, 0.3) is 5.91 Å². The highest BCUT2D eigenvalue weighted by Gasteiger charge is 2.11. The summed E-state index contributed by atoms with van der Waals surface area (Å²) in [5.74, 6) is 1.75. The van der Waals surface area contributed by atoms with Crippen LogP contribution < -0.4 is 5.32 Å². The number of nitrogens with zero attached hydrogens (tertiary/aromatic N) is 5. The van der Waals surface area contributed by atoms with Crippen molar-refractivity contribution in [3.63, 3.8) is 0 Å². The molecule has 0 aliphatic heterocycles. The lowest BCUT2D eigenvalue weighted by atomic mass is 10.1. The molecule has 26 heavy (non-hydrogen) atoms. The summed E-state index contributed by atoms with van der Waals surface area (Å²) in [7, 11) is 1.78. The van der Waals surface area contributed by atoms with Crippen LogP contribution in [0.15, 0.2) is 41.1 Å². The lowest BCUT2D eigenvalue weighted by Crippen LogP contribution is -2.23. The highest BCUT2D eigenvalue weighted by molar-refractivity contribution is 6.03. The number of aromatic nitrogens is 4. The van der Waals surface area contributed by atoms with E-state index in [-0.39, 0.29) is 5.91 Å². The molecule has 0 fully saturated rings. The second-order valence-electron chi connectivity index (χ2n) is 6.02. The minimum absolute atomic E-state index is 0.158. The van der Waals surface area contributed by atoms with E-state index < -0.39 is 0 Å². The van der Waals surface area contributed by atoms with E-state index in [0.29, 0.717) is 29.6 Å². The molecule has 8 nitrogen and oxygen atoms in total. The number of rotatable bonds is 7. The summed E-state index contributed by atoms with van der Waals surface area (Å²) in [5, 5.41) is 10.8. The first kappa shape index (κ1) is 17.8. The standard InChI is InChI=1S/C18H22N6O2/c1-4-24(12-16-20-13(2)26-22-16)11-14-5-7-15(8-6-14)18(25)21-17-9-10-19-23(17)3/h5-10H,4,11-12H2,1-3H3,(H,21,25). The predicted octanol–water partition coefficient (Wildman–Crippen LogP) is 2.39. The third-order valence-electron chi connectivity index (χ3n) is 4.07. The molecule has 0 unspecified atom stereocenters. The summed E-state index contributed by atoms with van der Waals surface area (Å²) in [4.78, 5) is 18.8. The normalized spacial score (nSPS) is 11.1. The third kappa shape index (κ3) is 4.34. The quantitative estimate of drug-likeness (QED) is 0.701. The Labute approximate surface area is 151 Å². The molecule has 1 amide bonds. The Balaban J connectivity index is 1.61. The van der Waals surface area contributed by atoms with Gasteiger partial charge in [0.05, 0.1) is 12.7 Å². The van der Waals surface area contributed by atoms with Crippen LogP contribution >= 0.6 is 0 Å². The van der Waals surface area contributed by atoms with Crippen LogP contribution in [0.5, 0.6) is 0 Å². The molecule has 2 aromatic heterocycles. The van der Waals surface area contributed by atoms with Crippen LogP contribution in [0.2, 0.25) is 0 Å². The first-order chi connectivity index (χ1) is 12.5. The number of amides is 1. The Bertz CT molecular complexity index is 868. The van der Waals surface area contributed by atoms with E-state index in [1.165, 1.54) is 0 Å². The molecule has 0 saturated heterocycles. The first-order valence-corrected chi connectivity index (χ1v) is 8.45. The molecule has 1 aromatic carbocycles. The number of anilines is 1. The fourth-order valence-electron chi connectivity index (χ4n) is 2.59. The van der Waals surface area contributed by atoms with Crippen molar-refractivity contribution in [1.29, 1.82) is 0 Å². The van der Waals surface area contributed by atoms with E-state index in [0.717, 1.165) is 18.7 Å². The summed E-state index contributed by atoms with van der Waals surface area (Å²) in [6, 6.07) is 9.33.